The van der Waals surface area contributed by atoms with Gasteiger partial charge in [0.1, 0.15) is 11.6 Å². The Hall–Kier alpha value is -3.51. The summed E-state index contributed by atoms with van der Waals surface area (Å²) in [6.07, 6.45) is 8.27. The van der Waals surface area contributed by atoms with Crippen LogP contribution in [0.3, 0.4) is 0 Å². The number of anilines is 1. The monoisotopic (exact) mass is 578 g/mol. The highest BCUT2D eigenvalue weighted by Crippen LogP contribution is 2.38. The van der Waals surface area contributed by atoms with Crippen molar-refractivity contribution in [2.75, 3.05) is 57.8 Å². The van der Waals surface area contributed by atoms with Crippen molar-refractivity contribution < 1.29 is 13.9 Å². The normalized spacial score (nSPS) is 18.0. The highest BCUT2D eigenvalue weighted by Gasteiger charge is 2.30. The van der Waals surface area contributed by atoms with E-state index < -0.39 is 0 Å². The number of likely N-dealkylation sites (tertiary alicyclic amines) is 1. The number of nitriles is 1. The van der Waals surface area contributed by atoms with Gasteiger partial charge in [0.05, 0.1) is 18.4 Å². The largest absolute Gasteiger partial charge is 0.464 e. The molecular weight excluding hydrogens is 531 g/mol. The van der Waals surface area contributed by atoms with Crippen LogP contribution in [0.1, 0.15) is 74.8 Å². The van der Waals surface area contributed by atoms with E-state index in [-0.39, 0.29) is 11.7 Å². The molecule has 1 atom stereocenters. The molecule has 0 bridgehead atoms. The smallest absolute Gasteiger partial charge is 0.318 e. The van der Waals surface area contributed by atoms with Gasteiger partial charge in [-0.2, -0.15) is 15.2 Å². The minimum Gasteiger partial charge on any atom is -0.464 e. The number of rotatable bonds is 6. The first-order valence-electron chi connectivity index (χ1n) is 15.4. The third-order valence-corrected chi connectivity index (χ3v) is 7.99. The summed E-state index contributed by atoms with van der Waals surface area (Å²) in [7, 11) is 2.17. The number of ether oxygens (including phenoxy) is 1. The summed E-state index contributed by atoms with van der Waals surface area (Å²) in [5, 5.41) is 7.62. The lowest BCUT2D eigenvalue weighted by Gasteiger charge is -2.37. The molecule has 0 radical (unpaired) electrons. The zero-order valence-electron chi connectivity index (χ0n) is 25.9. The topological polar surface area (TPSA) is 85.6 Å². The minimum absolute atomic E-state index is 0.0294. The Morgan fingerprint density at radius 1 is 1.14 bits per heavy atom. The fourth-order valence-electron chi connectivity index (χ4n) is 5.72. The van der Waals surface area contributed by atoms with Gasteiger partial charge in [0.2, 0.25) is 5.91 Å². The number of piperazine rings is 1. The average molecular weight is 579 g/mol. The molecule has 2 aliphatic heterocycles. The second-order valence-corrected chi connectivity index (χ2v) is 10.9. The number of hydrogen-bond acceptors (Lipinski definition) is 7. The van der Waals surface area contributed by atoms with Crippen LogP contribution in [0.2, 0.25) is 0 Å². The second-order valence-electron chi connectivity index (χ2n) is 10.9. The van der Waals surface area contributed by atoms with E-state index in [1.165, 1.54) is 43.1 Å². The first kappa shape index (κ1) is 33.0. The van der Waals surface area contributed by atoms with Crippen molar-refractivity contribution in [3.63, 3.8) is 0 Å². The Bertz CT molecular complexity index is 1220. The number of hydrogen-bond donors (Lipinski definition) is 0. The molecule has 1 amide bonds. The molecule has 1 aliphatic carbocycles. The van der Waals surface area contributed by atoms with Gasteiger partial charge in [0, 0.05) is 38.2 Å². The predicted octanol–water partition coefficient (Wildman–Crippen LogP) is 5.32. The summed E-state index contributed by atoms with van der Waals surface area (Å²) in [6.45, 7) is 15.3. The van der Waals surface area contributed by atoms with E-state index in [9.17, 15) is 9.18 Å². The van der Waals surface area contributed by atoms with Gasteiger partial charge in [0.15, 0.2) is 0 Å². The molecule has 0 N–H and O–H groups in total. The highest BCUT2D eigenvalue weighted by molar-refractivity contribution is 5.87. The average Bonchev–Trinajstić information content (AvgIpc) is 3.51. The maximum Gasteiger partial charge on any atom is 0.318 e. The molecule has 1 unspecified atom stereocenters. The van der Waals surface area contributed by atoms with Crippen molar-refractivity contribution >= 4 is 11.7 Å². The van der Waals surface area contributed by atoms with Crippen LogP contribution in [0.15, 0.2) is 30.9 Å². The summed E-state index contributed by atoms with van der Waals surface area (Å²) in [5.41, 5.74) is 4.48. The Kier molecular flexibility index (Phi) is 13.2. The number of carbonyl (C=O) groups excluding carboxylic acids is 1. The fourth-order valence-corrected chi connectivity index (χ4v) is 5.72. The van der Waals surface area contributed by atoms with E-state index in [2.05, 4.69) is 30.4 Å². The van der Waals surface area contributed by atoms with E-state index in [1.54, 1.807) is 12.1 Å². The number of fused-ring (bicyclic) bond motifs is 1. The molecule has 2 fully saturated rings. The van der Waals surface area contributed by atoms with E-state index in [0.29, 0.717) is 38.0 Å². The maximum atomic E-state index is 13.8. The van der Waals surface area contributed by atoms with Crippen molar-refractivity contribution in [2.45, 2.75) is 71.6 Å². The fraction of sp³-hybridized carbons (Fsp3) is 0.576. The first-order valence-corrected chi connectivity index (χ1v) is 15.4. The molecule has 8 nitrogen and oxygen atoms in total. The van der Waals surface area contributed by atoms with E-state index >= 15 is 0 Å². The lowest BCUT2D eigenvalue weighted by molar-refractivity contribution is -0.126. The molecule has 3 aliphatic rings. The van der Waals surface area contributed by atoms with E-state index in [0.717, 1.165) is 55.8 Å². The second kappa shape index (κ2) is 16.8. The van der Waals surface area contributed by atoms with Gasteiger partial charge in [-0.05, 0) is 101 Å². The van der Waals surface area contributed by atoms with Gasteiger partial charge >= 0.3 is 6.01 Å². The van der Waals surface area contributed by atoms with E-state index in [1.807, 2.05) is 30.9 Å². The molecular formula is C33H47FN6O2. The molecule has 0 saturated carbocycles. The van der Waals surface area contributed by atoms with Crippen LogP contribution in [-0.2, 0) is 24.1 Å². The number of benzene rings is 1. The number of amides is 1. The summed E-state index contributed by atoms with van der Waals surface area (Å²) < 4.78 is 19.5. The third-order valence-electron chi connectivity index (χ3n) is 7.99. The van der Waals surface area contributed by atoms with Crippen molar-refractivity contribution in [3.05, 3.63) is 59.1 Å². The van der Waals surface area contributed by atoms with Crippen molar-refractivity contribution in [1.82, 2.24) is 19.8 Å². The lowest BCUT2D eigenvalue weighted by Crippen LogP contribution is -2.49. The standard InChI is InChI=1S/C25H31FN4O2.C5H11N.C3H5N/c1-4-17-15-19(26)8-10-20(17)18-7-9-21-22(16-18)27-25(32-6-3)28-24(21)30-13-11-29(12-14-30)23(31)5-2;1-6-4-2-3-5-6;1-2-3-4/h5,8,10,15,18H,2,4,6-7,9,11-14,16H2,1,3H3;2-5H2,1H3;2H2,1H3. The quantitative estimate of drug-likeness (QED) is 0.429. The molecule has 3 heterocycles. The van der Waals surface area contributed by atoms with Gasteiger partial charge in [-0.25, -0.2) is 4.39 Å². The molecule has 228 valence electrons. The maximum absolute atomic E-state index is 13.8. The van der Waals surface area contributed by atoms with Gasteiger partial charge in [-0.1, -0.05) is 26.5 Å². The summed E-state index contributed by atoms with van der Waals surface area (Å²) in [4.78, 5) is 27.9. The van der Waals surface area contributed by atoms with Crippen LogP contribution in [0.25, 0.3) is 0 Å². The van der Waals surface area contributed by atoms with Crippen molar-refractivity contribution in [1.29, 1.82) is 5.26 Å². The van der Waals surface area contributed by atoms with Gasteiger partial charge in [0.25, 0.3) is 0 Å². The van der Waals surface area contributed by atoms with Gasteiger partial charge in [-0.15, -0.1) is 0 Å². The summed E-state index contributed by atoms with van der Waals surface area (Å²) in [6, 6.07) is 7.49. The Morgan fingerprint density at radius 3 is 2.38 bits per heavy atom. The number of carbonyl (C=O) groups is 1. The van der Waals surface area contributed by atoms with Crippen LogP contribution in [0.5, 0.6) is 6.01 Å². The Balaban J connectivity index is 0.000000412. The Labute approximate surface area is 251 Å². The first-order chi connectivity index (χ1) is 20.3. The molecule has 5 rings (SSSR count). The highest BCUT2D eigenvalue weighted by atomic mass is 19.1. The predicted molar refractivity (Wildman–Crippen MR) is 165 cm³/mol. The minimum atomic E-state index is -0.181. The molecule has 1 aromatic carbocycles. The van der Waals surface area contributed by atoms with Crippen molar-refractivity contribution in [2.24, 2.45) is 0 Å². The molecule has 0 spiro atoms. The zero-order chi connectivity index (χ0) is 30.5. The molecule has 1 aromatic heterocycles. The number of aromatic nitrogens is 2. The van der Waals surface area contributed by atoms with Crippen LogP contribution in [0, 0.1) is 17.1 Å². The molecule has 9 heteroatoms. The van der Waals surface area contributed by atoms with Crippen LogP contribution in [0.4, 0.5) is 10.2 Å². The van der Waals surface area contributed by atoms with Gasteiger partial charge in [-0.3, -0.25) is 4.79 Å². The summed E-state index contributed by atoms with van der Waals surface area (Å²) >= 11 is 0. The van der Waals surface area contributed by atoms with Crippen molar-refractivity contribution in [3.8, 4) is 12.1 Å². The van der Waals surface area contributed by atoms with Crippen LogP contribution < -0.4 is 9.64 Å². The Morgan fingerprint density at radius 2 is 1.83 bits per heavy atom. The zero-order valence-corrected chi connectivity index (χ0v) is 25.9. The van der Waals surface area contributed by atoms with Gasteiger partial charge < -0.3 is 19.4 Å². The SMILES string of the molecule is C=CC(=O)N1CCN(c2nc(OCC)nc3c2CCC(c2ccc(F)cc2CC)C3)CC1.CCC#N.CN1CCCC1. The molecule has 2 aromatic rings. The van der Waals surface area contributed by atoms with Crippen LogP contribution >= 0.6 is 0 Å². The number of halogens is 1. The van der Waals surface area contributed by atoms with Crippen LogP contribution in [-0.4, -0.2) is 78.6 Å². The molecule has 2 saturated heterocycles. The van der Waals surface area contributed by atoms with E-state index in [4.69, 9.17) is 20.0 Å². The number of nitrogens with zero attached hydrogens (tertiary/aromatic N) is 6. The lowest BCUT2D eigenvalue weighted by atomic mass is 9.80. The number of aryl methyl sites for hydroxylation is 1. The summed E-state index contributed by atoms with van der Waals surface area (Å²) in [5.74, 6) is 1.02. The third kappa shape index (κ3) is 8.99. The molecule has 42 heavy (non-hydrogen) atoms.